The lowest BCUT2D eigenvalue weighted by atomic mass is 9.90. The summed E-state index contributed by atoms with van der Waals surface area (Å²) in [6.45, 7) is 4.24. The first-order chi connectivity index (χ1) is 7.58. The molecule has 1 fully saturated rings. The Kier molecular flexibility index (Phi) is 3.29. The predicted molar refractivity (Wildman–Crippen MR) is 64.7 cm³/mol. The van der Waals surface area contributed by atoms with E-state index in [0.717, 1.165) is 23.5 Å². The molecule has 2 unspecified atom stereocenters. The largest absolute Gasteiger partial charge is 0.327 e. The van der Waals surface area contributed by atoms with Gasteiger partial charge < -0.3 is 5.73 Å². The summed E-state index contributed by atoms with van der Waals surface area (Å²) in [5.74, 6) is 1.21. The molecule has 88 valence electrons. The van der Waals surface area contributed by atoms with Crippen molar-refractivity contribution in [3.63, 3.8) is 0 Å². The maximum Gasteiger partial charge on any atom is 0.123 e. The number of nitrogens with two attached hydrogens (primary N) is 1. The highest BCUT2D eigenvalue weighted by Crippen LogP contribution is 2.38. The van der Waals surface area contributed by atoms with E-state index in [4.69, 9.17) is 5.73 Å². The van der Waals surface area contributed by atoms with Crippen LogP contribution in [-0.4, -0.2) is 6.04 Å². The molecule has 0 saturated heterocycles. The smallest absolute Gasteiger partial charge is 0.123 e. The lowest BCUT2D eigenvalue weighted by molar-refractivity contribution is 0.403. The van der Waals surface area contributed by atoms with E-state index in [-0.39, 0.29) is 11.9 Å². The van der Waals surface area contributed by atoms with Crippen LogP contribution >= 0.6 is 0 Å². The third-order valence-electron chi connectivity index (χ3n) is 3.81. The molecular formula is C14H20FN. The van der Waals surface area contributed by atoms with E-state index in [0.29, 0.717) is 5.92 Å². The fourth-order valence-electron chi connectivity index (χ4n) is 2.27. The SMILES string of the molecule is Cc1ccc(F)cc1CC(N)C(C)C1CC1. The summed E-state index contributed by atoms with van der Waals surface area (Å²) < 4.78 is 13.1. The van der Waals surface area contributed by atoms with E-state index in [2.05, 4.69) is 6.92 Å². The zero-order chi connectivity index (χ0) is 11.7. The van der Waals surface area contributed by atoms with Crippen LogP contribution < -0.4 is 5.73 Å². The molecule has 1 aromatic carbocycles. The summed E-state index contributed by atoms with van der Waals surface area (Å²) >= 11 is 0. The molecule has 1 aliphatic carbocycles. The standard InChI is InChI=1S/C14H20FN/c1-9-3-6-13(15)7-12(9)8-14(16)10(2)11-4-5-11/h3,6-7,10-11,14H,4-5,8,16H2,1-2H3. The summed E-state index contributed by atoms with van der Waals surface area (Å²) in [6, 6.07) is 5.12. The van der Waals surface area contributed by atoms with Gasteiger partial charge in [-0.15, -0.1) is 0 Å². The normalized spacial score (nSPS) is 19.5. The third-order valence-corrected chi connectivity index (χ3v) is 3.81. The van der Waals surface area contributed by atoms with Gasteiger partial charge in [-0.2, -0.15) is 0 Å². The number of rotatable bonds is 4. The van der Waals surface area contributed by atoms with Crippen molar-refractivity contribution >= 4 is 0 Å². The zero-order valence-corrected chi connectivity index (χ0v) is 10.0. The van der Waals surface area contributed by atoms with Gasteiger partial charge in [-0.3, -0.25) is 0 Å². The second-order valence-electron chi connectivity index (χ2n) is 5.14. The van der Waals surface area contributed by atoms with Crippen molar-refractivity contribution in [3.05, 3.63) is 35.1 Å². The molecule has 2 N–H and O–H groups in total. The van der Waals surface area contributed by atoms with Crippen molar-refractivity contribution in [2.45, 2.75) is 39.2 Å². The molecule has 1 nitrogen and oxygen atoms in total. The summed E-state index contributed by atoms with van der Waals surface area (Å²) in [6.07, 6.45) is 3.43. The Labute approximate surface area is 96.9 Å². The monoisotopic (exact) mass is 221 g/mol. The van der Waals surface area contributed by atoms with E-state index >= 15 is 0 Å². The Morgan fingerprint density at radius 1 is 1.44 bits per heavy atom. The van der Waals surface area contributed by atoms with Gasteiger partial charge in [0.25, 0.3) is 0 Å². The molecule has 16 heavy (non-hydrogen) atoms. The molecule has 0 heterocycles. The topological polar surface area (TPSA) is 26.0 Å². The predicted octanol–water partition coefficient (Wildman–Crippen LogP) is 3.05. The first kappa shape index (κ1) is 11.6. The van der Waals surface area contributed by atoms with Crippen LogP contribution in [0.4, 0.5) is 4.39 Å². The minimum absolute atomic E-state index is 0.160. The fraction of sp³-hybridized carbons (Fsp3) is 0.571. The second-order valence-corrected chi connectivity index (χ2v) is 5.14. The minimum Gasteiger partial charge on any atom is -0.327 e. The van der Waals surface area contributed by atoms with Crippen LogP contribution in [0.1, 0.15) is 30.9 Å². The second kappa shape index (κ2) is 4.54. The Hall–Kier alpha value is -0.890. The molecule has 1 aromatic rings. The van der Waals surface area contributed by atoms with Crippen LogP contribution in [0.2, 0.25) is 0 Å². The van der Waals surface area contributed by atoms with E-state index in [9.17, 15) is 4.39 Å². The highest BCUT2D eigenvalue weighted by Gasteiger charge is 2.31. The number of halogens is 1. The molecule has 0 bridgehead atoms. The fourth-order valence-corrected chi connectivity index (χ4v) is 2.27. The quantitative estimate of drug-likeness (QED) is 0.831. The Bertz CT molecular complexity index is 371. The van der Waals surface area contributed by atoms with Crippen LogP contribution in [0.15, 0.2) is 18.2 Å². The molecule has 1 saturated carbocycles. The van der Waals surface area contributed by atoms with Crippen LogP contribution in [-0.2, 0) is 6.42 Å². The molecule has 1 aliphatic rings. The van der Waals surface area contributed by atoms with Crippen LogP contribution in [0, 0.1) is 24.6 Å². The van der Waals surface area contributed by atoms with Gasteiger partial charge in [-0.1, -0.05) is 13.0 Å². The van der Waals surface area contributed by atoms with Crippen LogP contribution in [0.5, 0.6) is 0 Å². The molecule has 0 aliphatic heterocycles. The van der Waals surface area contributed by atoms with Crippen molar-refractivity contribution in [2.24, 2.45) is 17.6 Å². The van der Waals surface area contributed by atoms with E-state index in [1.54, 1.807) is 6.07 Å². The van der Waals surface area contributed by atoms with Gasteiger partial charge in [-0.05, 0) is 61.3 Å². The summed E-state index contributed by atoms with van der Waals surface area (Å²) in [7, 11) is 0. The van der Waals surface area contributed by atoms with Crippen LogP contribution in [0.25, 0.3) is 0 Å². The van der Waals surface area contributed by atoms with E-state index in [1.165, 1.54) is 18.9 Å². The van der Waals surface area contributed by atoms with Gasteiger partial charge in [-0.25, -0.2) is 4.39 Å². The van der Waals surface area contributed by atoms with Crippen molar-refractivity contribution in [2.75, 3.05) is 0 Å². The highest BCUT2D eigenvalue weighted by atomic mass is 19.1. The van der Waals surface area contributed by atoms with Gasteiger partial charge in [0, 0.05) is 6.04 Å². The molecule has 0 amide bonds. The number of hydrogen-bond donors (Lipinski definition) is 1. The number of benzene rings is 1. The molecule has 2 rings (SSSR count). The Morgan fingerprint density at radius 2 is 2.12 bits per heavy atom. The summed E-state index contributed by atoms with van der Waals surface area (Å²) in [4.78, 5) is 0. The first-order valence-electron chi connectivity index (χ1n) is 6.08. The van der Waals surface area contributed by atoms with Gasteiger partial charge in [0.15, 0.2) is 0 Å². The lowest BCUT2D eigenvalue weighted by Crippen LogP contribution is -2.32. The highest BCUT2D eigenvalue weighted by molar-refractivity contribution is 5.27. The minimum atomic E-state index is -0.160. The molecule has 2 atom stereocenters. The van der Waals surface area contributed by atoms with Crippen LogP contribution in [0.3, 0.4) is 0 Å². The Morgan fingerprint density at radius 3 is 2.75 bits per heavy atom. The molecule has 0 aromatic heterocycles. The maximum absolute atomic E-state index is 13.1. The molecule has 2 heteroatoms. The molecule has 0 spiro atoms. The summed E-state index contributed by atoms with van der Waals surface area (Å²) in [5.41, 5.74) is 8.38. The zero-order valence-electron chi connectivity index (χ0n) is 10.0. The third kappa shape index (κ3) is 2.62. The lowest BCUT2D eigenvalue weighted by Gasteiger charge is -2.20. The average molecular weight is 221 g/mol. The average Bonchev–Trinajstić information content (AvgIpc) is 3.06. The number of hydrogen-bond acceptors (Lipinski definition) is 1. The van der Waals surface area contributed by atoms with Gasteiger partial charge in [0.05, 0.1) is 0 Å². The maximum atomic E-state index is 13.1. The first-order valence-corrected chi connectivity index (χ1v) is 6.08. The van der Waals surface area contributed by atoms with E-state index < -0.39 is 0 Å². The number of aryl methyl sites for hydroxylation is 1. The van der Waals surface area contributed by atoms with Gasteiger partial charge in [0.1, 0.15) is 5.82 Å². The van der Waals surface area contributed by atoms with Crippen molar-refractivity contribution in [1.29, 1.82) is 0 Å². The van der Waals surface area contributed by atoms with Gasteiger partial charge in [0.2, 0.25) is 0 Å². The van der Waals surface area contributed by atoms with Gasteiger partial charge >= 0.3 is 0 Å². The molecule has 0 radical (unpaired) electrons. The van der Waals surface area contributed by atoms with Crippen molar-refractivity contribution in [3.8, 4) is 0 Å². The molecular weight excluding hydrogens is 201 g/mol. The van der Waals surface area contributed by atoms with Crippen molar-refractivity contribution < 1.29 is 4.39 Å². The Balaban J connectivity index is 2.04. The summed E-state index contributed by atoms with van der Waals surface area (Å²) in [5, 5.41) is 0. The van der Waals surface area contributed by atoms with Crippen molar-refractivity contribution in [1.82, 2.24) is 0 Å². The van der Waals surface area contributed by atoms with E-state index in [1.807, 2.05) is 13.0 Å².